The van der Waals surface area contributed by atoms with Gasteiger partial charge in [-0.2, -0.15) is 5.26 Å². The smallest absolute Gasteiger partial charge is 0.325 e. The van der Waals surface area contributed by atoms with Crippen LogP contribution in [0, 0.1) is 18.3 Å². The molecule has 0 radical (unpaired) electrons. The van der Waals surface area contributed by atoms with Crippen LogP contribution in [0.5, 0.6) is 0 Å². The Hall–Kier alpha value is -2.88. The van der Waals surface area contributed by atoms with E-state index in [4.69, 9.17) is 10.4 Å². The number of rotatable bonds is 4. The van der Waals surface area contributed by atoms with Crippen molar-refractivity contribution in [1.82, 2.24) is 5.32 Å². The number of hydrogen-bond donors (Lipinski definition) is 3. The van der Waals surface area contributed by atoms with Crippen LogP contribution >= 0.6 is 0 Å². The molecule has 0 bridgehead atoms. The molecule has 3 N–H and O–H groups in total. The van der Waals surface area contributed by atoms with Crippen LogP contribution in [0.3, 0.4) is 0 Å². The minimum Gasteiger partial charge on any atom is -0.481 e. The predicted octanol–water partition coefficient (Wildman–Crippen LogP) is 1.38. The number of hydrogen-bond acceptors (Lipinski definition) is 4. The Bertz CT molecular complexity index is 590. The van der Waals surface area contributed by atoms with E-state index < -0.39 is 17.9 Å². The molecule has 0 atom stereocenters. The van der Waals surface area contributed by atoms with Gasteiger partial charge in [0, 0.05) is 12.1 Å². The number of amides is 3. The highest BCUT2D eigenvalue weighted by Crippen LogP contribution is 2.16. The normalized spacial score (nSPS) is 9.40. The summed E-state index contributed by atoms with van der Waals surface area (Å²) in [6.07, 6.45) is -0.623. The molecule has 0 heterocycles. The maximum Gasteiger partial charge on any atom is 0.325 e. The van der Waals surface area contributed by atoms with Gasteiger partial charge < -0.3 is 10.4 Å². The lowest BCUT2D eigenvalue weighted by molar-refractivity contribution is -0.138. The zero-order valence-electron chi connectivity index (χ0n) is 10.8. The molecule has 0 aliphatic rings. The van der Waals surface area contributed by atoms with E-state index in [9.17, 15) is 14.4 Å². The second kappa shape index (κ2) is 6.89. The monoisotopic (exact) mass is 275 g/mol. The number of aryl methyl sites for hydroxylation is 1. The van der Waals surface area contributed by atoms with E-state index in [1.165, 1.54) is 6.07 Å². The van der Waals surface area contributed by atoms with Crippen molar-refractivity contribution in [3.05, 3.63) is 29.3 Å². The molecule has 0 saturated heterocycles. The van der Waals surface area contributed by atoms with Crippen LogP contribution in [0.2, 0.25) is 0 Å². The standard InChI is InChI=1S/C13H13N3O4/c1-8-2-3-9(7-14)6-10(8)15-13(20)16-11(17)4-5-12(18)19/h2-3,6H,4-5H2,1H3,(H,18,19)(H2,15,16,17,20). The molecule has 104 valence electrons. The third-order valence-corrected chi connectivity index (χ3v) is 2.43. The number of urea groups is 1. The Labute approximate surface area is 115 Å². The Morgan fingerprint density at radius 3 is 2.60 bits per heavy atom. The van der Waals surface area contributed by atoms with E-state index in [2.05, 4.69) is 5.32 Å². The number of carbonyl (C=O) groups excluding carboxylic acids is 2. The number of nitriles is 1. The number of benzene rings is 1. The van der Waals surface area contributed by atoms with Crippen LogP contribution in [-0.4, -0.2) is 23.0 Å². The molecule has 1 rings (SSSR count). The molecule has 0 aromatic heterocycles. The van der Waals surface area contributed by atoms with Crippen molar-refractivity contribution in [2.75, 3.05) is 5.32 Å². The summed E-state index contributed by atoms with van der Waals surface area (Å²) in [7, 11) is 0. The van der Waals surface area contributed by atoms with Crippen molar-refractivity contribution in [1.29, 1.82) is 5.26 Å². The van der Waals surface area contributed by atoms with Crippen molar-refractivity contribution in [2.45, 2.75) is 19.8 Å². The lowest BCUT2D eigenvalue weighted by Crippen LogP contribution is -2.34. The molecule has 7 nitrogen and oxygen atoms in total. The van der Waals surface area contributed by atoms with Crippen molar-refractivity contribution >= 4 is 23.6 Å². The summed E-state index contributed by atoms with van der Waals surface area (Å²) in [5, 5.41) is 21.6. The van der Waals surface area contributed by atoms with Crippen molar-refractivity contribution in [3.63, 3.8) is 0 Å². The van der Waals surface area contributed by atoms with Gasteiger partial charge in [-0.05, 0) is 24.6 Å². The van der Waals surface area contributed by atoms with Crippen LogP contribution in [0.1, 0.15) is 24.0 Å². The fourth-order valence-corrected chi connectivity index (χ4v) is 1.39. The number of nitrogens with one attached hydrogen (secondary N) is 2. The number of nitrogens with zero attached hydrogens (tertiary/aromatic N) is 1. The molecule has 1 aromatic carbocycles. The van der Waals surface area contributed by atoms with Crippen LogP contribution in [0.15, 0.2) is 18.2 Å². The van der Waals surface area contributed by atoms with Gasteiger partial charge in [0.15, 0.2) is 0 Å². The molecule has 1 aromatic rings. The number of aliphatic carboxylic acids is 1. The lowest BCUT2D eigenvalue weighted by Gasteiger charge is -2.09. The second-order valence-electron chi connectivity index (χ2n) is 4.04. The lowest BCUT2D eigenvalue weighted by atomic mass is 10.1. The van der Waals surface area contributed by atoms with Crippen molar-refractivity contribution in [2.24, 2.45) is 0 Å². The zero-order valence-corrected chi connectivity index (χ0v) is 10.8. The van der Waals surface area contributed by atoms with Crippen LogP contribution < -0.4 is 10.6 Å². The average molecular weight is 275 g/mol. The largest absolute Gasteiger partial charge is 0.481 e. The van der Waals surface area contributed by atoms with Crippen molar-refractivity contribution in [3.8, 4) is 6.07 Å². The third kappa shape index (κ3) is 4.78. The second-order valence-corrected chi connectivity index (χ2v) is 4.04. The number of carbonyl (C=O) groups is 3. The van der Waals surface area contributed by atoms with E-state index in [1.807, 2.05) is 11.4 Å². The first-order valence-corrected chi connectivity index (χ1v) is 5.75. The van der Waals surface area contributed by atoms with Crippen molar-refractivity contribution < 1.29 is 19.5 Å². The molecule has 0 unspecified atom stereocenters. The molecule has 20 heavy (non-hydrogen) atoms. The highest BCUT2D eigenvalue weighted by molar-refractivity contribution is 6.02. The summed E-state index contributed by atoms with van der Waals surface area (Å²) in [5.74, 6) is -1.79. The molecule has 3 amide bonds. The maximum atomic E-state index is 11.5. The summed E-state index contributed by atoms with van der Waals surface area (Å²) in [6.45, 7) is 1.74. The quantitative estimate of drug-likeness (QED) is 0.766. The number of carboxylic acid groups (broad SMARTS) is 1. The van der Waals surface area contributed by atoms with Gasteiger partial charge in [-0.3, -0.25) is 14.9 Å². The highest BCUT2D eigenvalue weighted by atomic mass is 16.4. The van der Waals surface area contributed by atoms with Crippen LogP contribution in [-0.2, 0) is 9.59 Å². The third-order valence-electron chi connectivity index (χ3n) is 2.43. The molecule has 0 fully saturated rings. The fraction of sp³-hybridized carbons (Fsp3) is 0.231. The van der Waals surface area contributed by atoms with E-state index in [0.29, 0.717) is 11.3 Å². The topological polar surface area (TPSA) is 119 Å². The van der Waals surface area contributed by atoms with Crippen LogP contribution in [0.25, 0.3) is 0 Å². The van der Waals surface area contributed by atoms with E-state index in [-0.39, 0.29) is 12.8 Å². The first-order valence-electron chi connectivity index (χ1n) is 5.75. The van der Waals surface area contributed by atoms with Gasteiger partial charge in [0.05, 0.1) is 18.1 Å². The summed E-state index contributed by atoms with van der Waals surface area (Å²) >= 11 is 0. The Kier molecular flexibility index (Phi) is 5.23. The first kappa shape index (κ1) is 15.2. The van der Waals surface area contributed by atoms with Gasteiger partial charge in [-0.1, -0.05) is 6.07 Å². The summed E-state index contributed by atoms with van der Waals surface area (Å²) < 4.78 is 0. The summed E-state index contributed by atoms with van der Waals surface area (Å²) in [6, 6.07) is 5.93. The van der Waals surface area contributed by atoms with Gasteiger partial charge in [0.1, 0.15) is 0 Å². The van der Waals surface area contributed by atoms with E-state index in [0.717, 1.165) is 5.56 Å². The predicted molar refractivity (Wildman–Crippen MR) is 69.9 cm³/mol. The summed E-state index contributed by atoms with van der Waals surface area (Å²) in [5.41, 5.74) is 1.52. The average Bonchev–Trinajstić information content (AvgIpc) is 2.39. The SMILES string of the molecule is Cc1ccc(C#N)cc1NC(=O)NC(=O)CCC(=O)O. The minimum atomic E-state index is -1.11. The first-order chi connectivity index (χ1) is 9.42. The Morgan fingerprint density at radius 2 is 2.00 bits per heavy atom. The minimum absolute atomic E-state index is 0.278. The number of anilines is 1. The number of imide groups is 1. The Balaban J connectivity index is 2.61. The van der Waals surface area contributed by atoms with Crippen LogP contribution in [0.4, 0.5) is 10.5 Å². The molecular formula is C13H13N3O4. The van der Waals surface area contributed by atoms with Gasteiger partial charge in [0.2, 0.25) is 5.91 Å². The molecule has 0 aliphatic heterocycles. The molecule has 0 aliphatic carbocycles. The van der Waals surface area contributed by atoms with Gasteiger partial charge in [0.25, 0.3) is 0 Å². The van der Waals surface area contributed by atoms with E-state index >= 15 is 0 Å². The Morgan fingerprint density at radius 1 is 1.30 bits per heavy atom. The molecule has 0 spiro atoms. The highest BCUT2D eigenvalue weighted by Gasteiger charge is 2.11. The fourth-order valence-electron chi connectivity index (χ4n) is 1.39. The van der Waals surface area contributed by atoms with Gasteiger partial charge in [-0.15, -0.1) is 0 Å². The van der Waals surface area contributed by atoms with Gasteiger partial charge >= 0.3 is 12.0 Å². The molecule has 7 heteroatoms. The van der Waals surface area contributed by atoms with Gasteiger partial charge in [-0.25, -0.2) is 4.79 Å². The molecule has 0 saturated carbocycles. The molecular weight excluding hydrogens is 262 g/mol. The zero-order chi connectivity index (χ0) is 15.1. The van der Waals surface area contributed by atoms with E-state index in [1.54, 1.807) is 19.1 Å². The maximum absolute atomic E-state index is 11.5. The summed E-state index contributed by atoms with van der Waals surface area (Å²) in [4.78, 5) is 33.1. The number of carboxylic acids is 1.